The molecule has 1 saturated carbocycles. The maximum atomic E-state index is 13.2. The summed E-state index contributed by atoms with van der Waals surface area (Å²) in [7, 11) is 0. The van der Waals surface area contributed by atoms with Gasteiger partial charge in [0.15, 0.2) is 0 Å². The zero-order chi connectivity index (χ0) is 17.0. The van der Waals surface area contributed by atoms with Crippen LogP contribution in [0, 0.1) is 11.3 Å². The lowest BCUT2D eigenvalue weighted by Crippen LogP contribution is -2.35. The Bertz CT molecular complexity index is 395. The summed E-state index contributed by atoms with van der Waals surface area (Å²) in [6.45, 7) is 5.93. The quantitative estimate of drug-likeness (QED) is 0.802. The van der Waals surface area contributed by atoms with Crippen LogP contribution in [0.15, 0.2) is 0 Å². The van der Waals surface area contributed by atoms with Crippen molar-refractivity contribution in [3.8, 4) is 0 Å². The van der Waals surface area contributed by atoms with Crippen molar-refractivity contribution in [2.45, 2.75) is 77.7 Å². The molecule has 1 aliphatic rings. The van der Waals surface area contributed by atoms with E-state index in [1.165, 1.54) is 0 Å². The van der Waals surface area contributed by atoms with Crippen molar-refractivity contribution in [3.05, 3.63) is 0 Å². The number of nitrogens with two attached hydrogens (primary N) is 1. The van der Waals surface area contributed by atoms with E-state index in [4.69, 9.17) is 10.5 Å². The van der Waals surface area contributed by atoms with Gasteiger partial charge in [0, 0.05) is 25.7 Å². The van der Waals surface area contributed by atoms with Gasteiger partial charge in [-0.3, -0.25) is 4.79 Å². The van der Waals surface area contributed by atoms with Gasteiger partial charge in [-0.05, 0) is 30.6 Å². The van der Waals surface area contributed by atoms with Crippen LogP contribution >= 0.6 is 0 Å². The fraction of sp³-hybridized carbons (Fsp3) is 0.875. The van der Waals surface area contributed by atoms with E-state index in [0.29, 0.717) is 25.7 Å². The molecule has 2 N–H and O–H groups in total. The summed E-state index contributed by atoms with van der Waals surface area (Å²) in [6.07, 6.45) is -0.201. The standard InChI is InChI=1S/C16H27F2NO3/c1-15(2,3)10-12(20)4-5-13(22-14(19)21)11-6-8-16(17,18)9-7-11/h11,13H,4-10H2,1-3H3,(H2,19,21). The summed E-state index contributed by atoms with van der Waals surface area (Å²) in [4.78, 5) is 23.0. The van der Waals surface area contributed by atoms with Crippen molar-refractivity contribution < 1.29 is 23.1 Å². The number of alkyl halides is 2. The normalized spacial score (nSPS) is 20.4. The fourth-order valence-electron chi connectivity index (χ4n) is 2.96. The zero-order valence-electron chi connectivity index (χ0n) is 13.7. The molecule has 0 bridgehead atoms. The van der Waals surface area contributed by atoms with Crippen LogP contribution in [0.25, 0.3) is 0 Å². The molecule has 0 aliphatic heterocycles. The molecule has 1 rings (SSSR count). The Morgan fingerprint density at radius 3 is 2.27 bits per heavy atom. The summed E-state index contributed by atoms with van der Waals surface area (Å²) in [5.74, 6) is -2.68. The highest BCUT2D eigenvalue weighted by atomic mass is 19.3. The lowest BCUT2D eigenvalue weighted by Gasteiger charge is -2.33. The van der Waals surface area contributed by atoms with Crippen molar-refractivity contribution >= 4 is 11.9 Å². The van der Waals surface area contributed by atoms with Crippen molar-refractivity contribution in [2.24, 2.45) is 17.1 Å². The average molecular weight is 319 g/mol. The predicted molar refractivity (Wildman–Crippen MR) is 79.7 cm³/mol. The molecule has 1 fully saturated rings. The molecule has 1 unspecified atom stereocenters. The smallest absolute Gasteiger partial charge is 0.404 e. The first kappa shape index (κ1) is 18.8. The first-order chi connectivity index (χ1) is 9.98. The Morgan fingerprint density at radius 2 is 1.82 bits per heavy atom. The highest BCUT2D eigenvalue weighted by molar-refractivity contribution is 5.79. The Balaban J connectivity index is 2.54. The molecule has 4 nitrogen and oxygen atoms in total. The van der Waals surface area contributed by atoms with Gasteiger partial charge < -0.3 is 10.5 Å². The van der Waals surface area contributed by atoms with Crippen LogP contribution in [0.2, 0.25) is 0 Å². The monoisotopic (exact) mass is 319 g/mol. The number of ketones is 1. The Morgan fingerprint density at radius 1 is 1.27 bits per heavy atom. The number of halogens is 2. The van der Waals surface area contributed by atoms with Gasteiger partial charge in [-0.2, -0.15) is 0 Å². The molecular formula is C16H27F2NO3. The van der Waals surface area contributed by atoms with Crippen LogP contribution in [-0.4, -0.2) is 23.9 Å². The summed E-state index contributed by atoms with van der Waals surface area (Å²) in [6, 6.07) is 0. The van der Waals surface area contributed by atoms with Gasteiger partial charge in [-0.1, -0.05) is 20.8 Å². The molecule has 0 aromatic carbocycles. The molecule has 0 aromatic rings. The summed E-state index contributed by atoms with van der Waals surface area (Å²) < 4.78 is 31.5. The molecule has 6 heteroatoms. The third-order valence-electron chi connectivity index (χ3n) is 3.99. The van der Waals surface area contributed by atoms with Gasteiger partial charge in [0.05, 0.1) is 0 Å². The minimum Gasteiger partial charge on any atom is -0.446 e. The number of hydrogen-bond acceptors (Lipinski definition) is 3. The second-order valence-corrected chi connectivity index (χ2v) is 7.48. The molecule has 0 saturated heterocycles. The van der Waals surface area contributed by atoms with Crippen LogP contribution in [-0.2, 0) is 9.53 Å². The van der Waals surface area contributed by atoms with Crippen LogP contribution in [0.3, 0.4) is 0 Å². The van der Waals surface area contributed by atoms with Gasteiger partial charge in [-0.25, -0.2) is 13.6 Å². The molecule has 22 heavy (non-hydrogen) atoms. The number of carbonyl (C=O) groups is 2. The van der Waals surface area contributed by atoms with Gasteiger partial charge in [0.25, 0.3) is 0 Å². The minimum absolute atomic E-state index is 0.0895. The lowest BCUT2D eigenvalue weighted by atomic mass is 9.81. The number of primary amides is 1. The first-order valence-electron chi connectivity index (χ1n) is 7.84. The van der Waals surface area contributed by atoms with Crippen molar-refractivity contribution in [2.75, 3.05) is 0 Å². The maximum absolute atomic E-state index is 13.2. The maximum Gasteiger partial charge on any atom is 0.404 e. The predicted octanol–water partition coefficient (Wildman–Crippen LogP) is 4.06. The van der Waals surface area contributed by atoms with E-state index >= 15 is 0 Å². The second kappa shape index (κ2) is 7.38. The van der Waals surface area contributed by atoms with E-state index in [1.807, 2.05) is 20.8 Å². The van der Waals surface area contributed by atoms with E-state index in [-0.39, 0.29) is 36.4 Å². The number of hydrogen-bond donors (Lipinski definition) is 1. The zero-order valence-corrected chi connectivity index (χ0v) is 13.7. The lowest BCUT2D eigenvalue weighted by molar-refractivity contribution is -0.121. The number of carbonyl (C=O) groups excluding carboxylic acids is 2. The van der Waals surface area contributed by atoms with Crippen LogP contribution < -0.4 is 5.73 Å². The number of rotatable bonds is 6. The number of ether oxygens (including phenoxy) is 1. The van der Waals surface area contributed by atoms with Gasteiger partial charge >= 0.3 is 6.09 Å². The Kier molecular flexibility index (Phi) is 6.32. The van der Waals surface area contributed by atoms with Crippen LogP contribution in [0.5, 0.6) is 0 Å². The summed E-state index contributed by atoms with van der Waals surface area (Å²) in [5.41, 5.74) is 4.97. The summed E-state index contributed by atoms with van der Waals surface area (Å²) in [5, 5.41) is 0. The van der Waals surface area contributed by atoms with E-state index in [9.17, 15) is 18.4 Å². The number of Topliss-reactive ketones (excluding diaryl/α,β-unsaturated/α-hetero) is 1. The number of amides is 1. The van der Waals surface area contributed by atoms with E-state index in [1.54, 1.807) is 0 Å². The first-order valence-corrected chi connectivity index (χ1v) is 7.84. The molecule has 0 radical (unpaired) electrons. The van der Waals surface area contributed by atoms with Crippen molar-refractivity contribution in [1.29, 1.82) is 0 Å². The fourth-order valence-corrected chi connectivity index (χ4v) is 2.96. The molecule has 1 aliphatic carbocycles. The van der Waals surface area contributed by atoms with E-state index in [0.717, 1.165) is 0 Å². The second-order valence-electron chi connectivity index (χ2n) is 7.48. The van der Waals surface area contributed by atoms with E-state index in [2.05, 4.69) is 0 Å². The Hall–Kier alpha value is -1.20. The summed E-state index contributed by atoms with van der Waals surface area (Å²) >= 11 is 0. The van der Waals surface area contributed by atoms with Crippen molar-refractivity contribution in [3.63, 3.8) is 0 Å². The SMILES string of the molecule is CC(C)(C)CC(=O)CCC(OC(N)=O)C1CCC(F)(F)CC1. The molecule has 128 valence electrons. The highest BCUT2D eigenvalue weighted by Gasteiger charge is 2.38. The Labute approximate surface area is 130 Å². The average Bonchev–Trinajstić information content (AvgIpc) is 2.32. The van der Waals surface area contributed by atoms with Crippen molar-refractivity contribution in [1.82, 2.24) is 0 Å². The van der Waals surface area contributed by atoms with Crippen LogP contribution in [0.1, 0.15) is 65.7 Å². The van der Waals surface area contributed by atoms with Gasteiger partial charge in [0.2, 0.25) is 5.92 Å². The highest BCUT2D eigenvalue weighted by Crippen LogP contribution is 2.39. The molecule has 1 amide bonds. The van der Waals surface area contributed by atoms with Gasteiger partial charge in [0.1, 0.15) is 11.9 Å². The van der Waals surface area contributed by atoms with E-state index < -0.39 is 18.1 Å². The topological polar surface area (TPSA) is 69.4 Å². The third kappa shape index (κ3) is 7.18. The third-order valence-corrected chi connectivity index (χ3v) is 3.99. The van der Waals surface area contributed by atoms with Gasteiger partial charge in [-0.15, -0.1) is 0 Å². The van der Waals surface area contributed by atoms with Crippen LogP contribution in [0.4, 0.5) is 13.6 Å². The molecular weight excluding hydrogens is 292 g/mol. The minimum atomic E-state index is -2.63. The largest absolute Gasteiger partial charge is 0.446 e. The molecule has 0 aromatic heterocycles. The molecule has 0 heterocycles. The molecule has 1 atom stereocenters. The molecule has 0 spiro atoms.